The van der Waals surface area contributed by atoms with E-state index in [0.717, 1.165) is 4.88 Å². The first-order valence-corrected chi connectivity index (χ1v) is 9.32. The highest BCUT2D eigenvalue weighted by Gasteiger charge is 2.18. The molecule has 0 saturated carbocycles. The Bertz CT molecular complexity index is 704. The second-order valence-electron chi connectivity index (χ2n) is 6.24. The van der Waals surface area contributed by atoms with Crippen LogP contribution in [0.5, 0.6) is 0 Å². The number of nitrogens with two attached hydrogens (primary N) is 1. The van der Waals surface area contributed by atoms with Gasteiger partial charge in [0.05, 0.1) is 10.6 Å². The Morgan fingerprint density at radius 2 is 2.12 bits per heavy atom. The number of rotatable bonds is 7. The predicted molar refractivity (Wildman–Crippen MR) is 95.8 cm³/mol. The summed E-state index contributed by atoms with van der Waals surface area (Å²) < 4.78 is 1.84. The molecule has 2 amide bonds. The summed E-state index contributed by atoms with van der Waals surface area (Å²) in [5.41, 5.74) is 4.98. The molecule has 0 saturated heterocycles. The number of aromatic nitrogens is 3. The standard InChI is InChI=1S/C15H21N5O2S2/c1-15(2,3)17-12(22)9-24-14-19-18-13(10-5-4-8-23-10)20(14)7-6-11(16)21/h4-5,8H,6-7,9H2,1-3H3,(H2,16,21)(H,17,22). The van der Waals surface area contributed by atoms with E-state index < -0.39 is 0 Å². The van der Waals surface area contributed by atoms with Gasteiger partial charge in [-0.25, -0.2) is 0 Å². The van der Waals surface area contributed by atoms with Crippen LogP contribution >= 0.6 is 23.1 Å². The number of carbonyl (C=O) groups excluding carboxylic acids is 2. The van der Waals surface area contributed by atoms with Crippen LogP contribution in [0.1, 0.15) is 27.2 Å². The Morgan fingerprint density at radius 3 is 2.71 bits per heavy atom. The normalized spacial score (nSPS) is 11.5. The van der Waals surface area contributed by atoms with Crippen molar-refractivity contribution in [2.24, 2.45) is 5.73 Å². The van der Waals surface area contributed by atoms with Gasteiger partial charge in [-0.15, -0.1) is 21.5 Å². The van der Waals surface area contributed by atoms with E-state index >= 15 is 0 Å². The summed E-state index contributed by atoms with van der Waals surface area (Å²) in [6, 6.07) is 3.87. The second kappa shape index (κ2) is 7.80. The minimum atomic E-state index is -0.387. The van der Waals surface area contributed by atoms with Gasteiger partial charge in [-0.2, -0.15) is 0 Å². The van der Waals surface area contributed by atoms with E-state index in [-0.39, 0.29) is 29.5 Å². The number of nitrogens with zero attached hydrogens (tertiary/aromatic N) is 3. The molecule has 0 atom stereocenters. The predicted octanol–water partition coefficient (Wildman–Crippen LogP) is 1.89. The van der Waals surface area contributed by atoms with Gasteiger partial charge >= 0.3 is 0 Å². The highest BCUT2D eigenvalue weighted by atomic mass is 32.2. The van der Waals surface area contributed by atoms with Gasteiger partial charge in [0.1, 0.15) is 0 Å². The van der Waals surface area contributed by atoms with E-state index in [9.17, 15) is 9.59 Å². The largest absolute Gasteiger partial charge is 0.370 e. The van der Waals surface area contributed by atoms with Gasteiger partial charge in [-0.05, 0) is 32.2 Å². The molecule has 2 rings (SSSR count). The first kappa shape index (κ1) is 18.5. The molecular weight excluding hydrogens is 346 g/mol. The number of thioether (sulfide) groups is 1. The first-order chi connectivity index (χ1) is 11.3. The highest BCUT2D eigenvalue weighted by molar-refractivity contribution is 7.99. The van der Waals surface area contributed by atoms with Gasteiger partial charge in [0.2, 0.25) is 11.8 Å². The maximum Gasteiger partial charge on any atom is 0.230 e. The van der Waals surface area contributed by atoms with Crippen LogP contribution in [0.25, 0.3) is 10.7 Å². The summed E-state index contributed by atoms with van der Waals surface area (Å²) in [5.74, 6) is 0.456. The monoisotopic (exact) mass is 367 g/mol. The molecule has 3 N–H and O–H groups in total. The van der Waals surface area contributed by atoms with Crippen molar-refractivity contribution in [3.8, 4) is 10.7 Å². The van der Waals surface area contributed by atoms with Gasteiger partial charge in [-0.1, -0.05) is 17.8 Å². The van der Waals surface area contributed by atoms with Crippen LogP contribution in [-0.2, 0) is 16.1 Å². The van der Waals surface area contributed by atoms with Crippen molar-refractivity contribution in [3.63, 3.8) is 0 Å². The number of thiophene rings is 1. The molecule has 130 valence electrons. The Labute approximate surface area is 149 Å². The maximum absolute atomic E-state index is 12.0. The van der Waals surface area contributed by atoms with Crippen LogP contribution in [0.2, 0.25) is 0 Å². The van der Waals surface area contributed by atoms with Gasteiger partial charge in [0.15, 0.2) is 11.0 Å². The third-order valence-electron chi connectivity index (χ3n) is 2.89. The van der Waals surface area contributed by atoms with E-state index in [2.05, 4.69) is 15.5 Å². The molecule has 0 bridgehead atoms. The number of hydrogen-bond acceptors (Lipinski definition) is 6. The van der Waals surface area contributed by atoms with E-state index in [1.807, 2.05) is 42.9 Å². The van der Waals surface area contributed by atoms with E-state index in [1.165, 1.54) is 11.8 Å². The van der Waals surface area contributed by atoms with Gasteiger partial charge < -0.3 is 15.6 Å². The van der Waals surface area contributed by atoms with Crippen LogP contribution < -0.4 is 11.1 Å². The third-order valence-corrected chi connectivity index (χ3v) is 4.72. The van der Waals surface area contributed by atoms with Crippen molar-refractivity contribution < 1.29 is 9.59 Å². The van der Waals surface area contributed by atoms with Crippen LogP contribution in [-0.4, -0.2) is 37.9 Å². The smallest absolute Gasteiger partial charge is 0.230 e. The van der Waals surface area contributed by atoms with Gasteiger partial charge in [-0.3, -0.25) is 9.59 Å². The number of nitrogens with one attached hydrogen (secondary N) is 1. The zero-order valence-corrected chi connectivity index (χ0v) is 15.5. The molecule has 9 heteroatoms. The lowest BCUT2D eigenvalue weighted by molar-refractivity contribution is -0.120. The fraction of sp³-hybridized carbons (Fsp3) is 0.467. The van der Waals surface area contributed by atoms with Crippen molar-refractivity contribution in [2.45, 2.75) is 44.4 Å². The summed E-state index contributed by atoms with van der Waals surface area (Å²) in [5, 5.41) is 13.8. The van der Waals surface area contributed by atoms with Crippen molar-refractivity contribution in [1.82, 2.24) is 20.1 Å². The third kappa shape index (κ3) is 5.34. The molecule has 0 fully saturated rings. The highest BCUT2D eigenvalue weighted by Crippen LogP contribution is 2.27. The molecule has 0 aromatic carbocycles. The molecule has 0 unspecified atom stereocenters. The average Bonchev–Trinajstić information content (AvgIpc) is 3.10. The Balaban J connectivity index is 2.14. The molecular formula is C15H21N5O2S2. The lowest BCUT2D eigenvalue weighted by Gasteiger charge is -2.20. The maximum atomic E-state index is 12.0. The molecule has 2 aromatic heterocycles. The number of carbonyl (C=O) groups is 2. The van der Waals surface area contributed by atoms with Crippen LogP contribution in [0.3, 0.4) is 0 Å². The minimum absolute atomic E-state index is 0.0744. The second-order valence-corrected chi connectivity index (χ2v) is 8.13. The zero-order valence-electron chi connectivity index (χ0n) is 13.9. The minimum Gasteiger partial charge on any atom is -0.370 e. The summed E-state index contributed by atoms with van der Waals surface area (Å²) >= 11 is 2.84. The summed E-state index contributed by atoms with van der Waals surface area (Å²) in [6.45, 7) is 6.18. The van der Waals surface area contributed by atoms with E-state index in [0.29, 0.717) is 17.5 Å². The Kier molecular flexibility index (Phi) is 6.00. The van der Waals surface area contributed by atoms with Gasteiger partial charge in [0.25, 0.3) is 0 Å². The summed E-state index contributed by atoms with van der Waals surface area (Å²) in [6.07, 6.45) is 0.193. The molecule has 7 nitrogen and oxygen atoms in total. The topological polar surface area (TPSA) is 103 Å². The van der Waals surface area contributed by atoms with Crippen molar-refractivity contribution >= 4 is 34.9 Å². The molecule has 2 aromatic rings. The first-order valence-electron chi connectivity index (χ1n) is 7.45. The van der Waals surface area contributed by atoms with Gasteiger partial charge in [0, 0.05) is 18.5 Å². The van der Waals surface area contributed by atoms with Crippen LogP contribution in [0, 0.1) is 0 Å². The molecule has 0 radical (unpaired) electrons. The molecule has 0 aliphatic rings. The van der Waals surface area contributed by atoms with Crippen LogP contribution in [0.4, 0.5) is 0 Å². The summed E-state index contributed by atoms with van der Waals surface area (Å²) in [7, 11) is 0. The average molecular weight is 368 g/mol. The number of hydrogen-bond donors (Lipinski definition) is 2. The SMILES string of the molecule is CC(C)(C)NC(=O)CSc1nnc(-c2cccs2)n1CCC(N)=O. The molecule has 0 spiro atoms. The number of amides is 2. The zero-order chi connectivity index (χ0) is 17.7. The number of primary amides is 1. The van der Waals surface area contributed by atoms with E-state index in [1.54, 1.807) is 11.3 Å². The fourth-order valence-corrected chi connectivity index (χ4v) is 3.47. The van der Waals surface area contributed by atoms with Crippen molar-refractivity contribution in [2.75, 3.05) is 5.75 Å². The molecule has 2 heterocycles. The quantitative estimate of drug-likeness (QED) is 0.728. The lowest BCUT2D eigenvalue weighted by atomic mass is 10.1. The Hall–Kier alpha value is -1.87. The summed E-state index contributed by atoms with van der Waals surface area (Å²) in [4.78, 5) is 24.1. The van der Waals surface area contributed by atoms with Crippen molar-refractivity contribution in [3.05, 3.63) is 17.5 Å². The lowest BCUT2D eigenvalue weighted by Crippen LogP contribution is -2.41. The van der Waals surface area contributed by atoms with E-state index in [4.69, 9.17) is 5.73 Å². The molecule has 0 aliphatic heterocycles. The Morgan fingerprint density at radius 1 is 1.38 bits per heavy atom. The molecule has 24 heavy (non-hydrogen) atoms. The van der Waals surface area contributed by atoms with Crippen LogP contribution in [0.15, 0.2) is 22.7 Å². The van der Waals surface area contributed by atoms with Crippen molar-refractivity contribution in [1.29, 1.82) is 0 Å². The fourth-order valence-electron chi connectivity index (χ4n) is 1.99. The molecule has 0 aliphatic carbocycles.